The average molecular weight is 418 g/mol. The average Bonchev–Trinajstić information content (AvgIpc) is 3.35. The molecule has 0 bridgehead atoms. The fourth-order valence-corrected chi connectivity index (χ4v) is 4.94. The smallest absolute Gasteiger partial charge is 0.341 e. The van der Waals surface area contributed by atoms with Crippen LogP contribution in [-0.2, 0) is 6.18 Å². The lowest BCUT2D eigenvalue weighted by Crippen LogP contribution is -2.59. The van der Waals surface area contributed by atoms with E-state index in [-0.39, 0.29) is 22.4 Å². The van der Waals surface area contributed by atoms with Gasteiger partial charge in [0.15, 0.2) is 0 Å². The number of likely N-dealkylation sites (tertiary alicyclic amines) is 1. The summed E-state index contributed by atoms with van der Waals surface area (Å²) in [4.78, 5) is 29.7. The van der Waals surface area contributed by atoms with Crippen LogP contribution in [-0.4, -0.2) is 78.5 Å². The number of hydrogen-bond acceptors (Lipinski definition) is 4. The normalized spacial score (nSPS) is 23.9. The van der Waals surface area contributed by atoms with Gasteiger partial charge >= 0.3 is 12.2 Å². The molecule has 6 nitrogen and oxygen atoms in total. The maximum absolute atomic E-state index is 12.8. The molecule has 28 heavy (non-hydrogen) atoms. The molecule has 3 heterocycles. The van der Waals surface area contributed by atoms with Gasteiger partial charge in [0.25, 0.3) is 5.91 Å². The minimum atomic E-state index is -4.42. The van der Waals surface area contributed by atoms with Crippen molar-refractivity contribution in [1.29, 1.82) is 0 Å². The quantitative estimate of drug-likeness (QED) is 0.821. The summed E-state index contributed by atoms with van der Waals surface area (Å²) >= 11 is 0.497. The number of carbonyl (C=O) groups is 2. The molecule has 156 valence electrons. The van der Waals surface area contributed by atoms with Crippen LogP contribution in [0.25, 0.3) is 0 Å². The van der Waals surface area contributed by atoms with Gasteiger partial charge in [0.05, 0.1) is 4.88 Å². The highest BCUT2D eigenvalue weighted by molar-refractivity contribution is 7.14. The van der Waals surface area contributed by atoms with Crippen molar-refractivity contribution < 1.29 is 22.8 Å². The first-order valence-corrected chi connectivity index (χ1v) is 10.2. The van der Waals surface area contributed by atoms with Crippen molar-refractivity contribution in [1.82, 2.24) is 20.0 Å². The Hall–Kier alpha value is -1.81. The van der Waals surface area contributed by atoms with Gasteiger partial charge in [-0.3, -0.25) is 9.69 Å². The summed E-state index contributed by atoms with van der Waals surface area (Å²) in [6.45, 7) is 5.70. The number of alkyl halides is 3. The summed E-state index contributed by atoms with van der Waals surface area (Å²) in [7, 11) is 1.62. The number of thiophene rings is 1. The van der Waals surface area contributed by atoms with Crippen LogP contribution in [0.15, 0.2) is 12.1 Å². The number of amides is 3. The third kappa shape index (κ3) is 3.98. The lowest BCUT2D eigenvalue weighted by molar-refractivity contribution is -0.134. The number of carbonyl (C=O) groups excluding carboxylic acids is 2. The summed E-state index contributed by atoms with van der Waals surface area (Å²) in [5, 5.41) is 2.66. The van der Waals surface area contributed by atoms with Crippen molar-refractivity contribution >= 4 is 23.3 Å². The van der Waals surface area contributed by atoms with Gasteiger partial charge in [-0.25, -0.2) is 4.79 Å². The van der Waals surface area contributed by atoms with Crippen LogP contribution >= 0.6 is 11.3 Å². The van der Waals surface area contributed by atoms with Gasteiger partial charge in [-0.1, -0.05) is 6.92 Å². The highest BCUT2D eigenvalue weighted by Crippen LogP contribution is 2.36. The van der Waals surface area contributed by atoms with Crippen molar-refractivity contribution in [3.63, 3.8) is 0 Å². The first-order chi connectivity index (χ1) is 13.2. The highest BCUT2D eigenvalue weighted by atomic mass is 32.1. The molecule has 1 unspecified atom stereocenters. The summed E-state index contributed by atoms with van der Waals surface area (Å²) in [5.74, 6) is -0.343. The second-order valence-electron chi connectivity index (χ2n) is 7.25. The first-order valence-electron chi connectivity index (χ1n) is 9.38. The predicted molar refractivity (Wildman–Crippen MR) is 100 cm³/mol. The zero-order valence-electron chi connectivity index (χ0n) is 16.0. The zero-order chi connectivity index (χ0) is 20.5. The number of nitrogens with one attached hydrogen (secondary N) is 1. The monoisotopic (exact) mass is 418 g/mol. The Bertz CT molecular complexity index is 731. The van der Waals surface area contributed by atoms with Crippen LogP contribution in [0.4, 0.5) is 18.0 Å². The van der Waals surface area contributed by atoms with Crippen LogP contribution in [0.5, 0.6) is 0 Å². The van der Waals surface area contributed by atoms with Crippen molar-refractivity contribution in [2.45, 2.75) is 31.5 Å². The van der Waals surface area contributed by atoms with E-state index in [2.05, 4.69) is 17.1 Å². The molecule has 1 aromatic rings. The van der Waals surface area contributed by atoms with Gasteiger partial charge in [0.2, 0.25) is 0 Å². The van der Waals surface area contributed by atoms with Crippen LogP contribution in [0.3, 0.4) is 0 Å². The SMILES string of the molecule is CCC1(N2CCN(C(=O)c3ccc(C(F)(F)F)s3)CC2)CCN(C(=O)NC)C1. The minimum absolute atomic E-state index is 0.0812. The molecule has 2 fully saturated rings. The van der Waals surface area contributed by atoms with Gasteiger partial charge in [-0.15, -0.1) is 11.3 Å². The number of urea groups is 1. The van der Waals surface area contributed by atoms with Crippen LogP contribution in [0.1, 0.15) is 34.3 Å². The zero-order valence-corrected chi connectivity index (χ0v) is 16.8. The summed E-state index contributed by atoms with van der Waals surface area (Å²) < 4.78 is 38.3. The van der Waals surface area contributed by atoms with Crippen LogP contribution < -0.4 is 5.32 Å². The Balaban J connectivity index is 1.61. The fraction of sp³-hybridized carbons (Fsp3) is 0.667. The molecule has 3 amide bonds. The Morgan fingerprint density at radius 1 is 1.14 bits per heavy atom. The Morgan fingerprint density at radius 3 is 2.36 bits per heavy atom. The van der Waals surface area contributed by atoms with E-state index in [0.717, 1.165) is 18.9 Å². The maximum Gasteiger partial charge on any atom is 0.425 e. The van der Waals surface area contributed by atoms with Gasteiger partial charge < -0.3 is 15.1 Å². The molecule has 2 aliphatic heterocycles. The number of piperazine rings is 1. The van der Waals surface area contributed by atoms with Crippen LogP contribution in [0.2, 0.25) is 0 Å². The van der Waals surface area contributed by atoms with Crippen molar-refractivity contribution in [3.8, 4) is 0 Å². The van der Waals surface area contributed by atoms with E-state index in [4.69, 9.17) is 0 Å². The number of hydrogen-bond donors (Lipinski definition) is 1. The first kappa shape index (κ1) is 20.9. The molecule has 1 N–H and O–H groups in total. The van der Waals surface area contributed by atoms with E-state index >= 15 is 0 Å². The van der Waals surface area contributed by atoms with E-state index in [9.17, 15) is 22.8 Å². The lowest BCUT2D eigenvalue weighted by Gasteiger charge is -2.45. The van der Waals surface area contributed by atoms with E-state index in [1.165, 1.54) is 6.07 Å². The Kier molecular flexibility index (Phi) is 5.90. The standard InChI is InChI=1S/C18H25F3N4O2S/c1-3-17(6-7-24(12-17)16(27)22-2)25-10-8-23(9-11-25)15(26)13-4-5-14(28-13)18(19,20)21/h4-5H,3,6-12H2,1-2H3,(H,22,27). The molecule has 2 aliphatic rings. The Labute approximate surface area is 166 Å². The molecular weight excluding hydrogens is 393 g/mol. The van der Waals surface area contributed by atoms with E-state index < -0.39 is 11.1 Å². The molecule has 0 aliphatic carbocycles. The maximum atomic E-state index is 12.8. The molecule has 0 aromatic carbocycles. The molecule has 3 rings (SSSR count). The molecular formula is C18H25F3N4O2S. The molecule has 10 heteroatoms. The van der Waals surface area contributed by atoms with Gasteiger partial charge in [-0.05, 0) is 25.0 Å². The van der Waals surface area contributed by atoms with Crippen molar-refractivity contribution in [2.24, 2.45) is 0 Å². The topological polar surface area (TPSA) is 55.9 Å². The highest BCUT2D eigenvalue weighted by Gasteiger charge is 2.44. The van der Waals surface area contributed by atoms with E-state index in [0.29, 0.717) is 50.6 Å². The summed E-state index contributed by atoms with van der Waals surface area (Å²) in [6.07, 6.45) is -2.65. The van der Waals surface area contributed by atoms with Gasteiger partial charge in [0, 0.05) is 51.9 Å². The minimum Gasteiger partial charge on any atom is -0.341 e. The molecule has 1 aromatic heterocycles. The molecule has 2 saturated heterocycles. The molecule has 1 atom stereocenters. The third-order valence-corrected chi connectivity index (χ3v) is 6.94. The molecule has 0 radical (unpaired) electrons. The van der Waals surface area contributed by atoms with Crippen molar-refractivity contribution in [2.75, 3.05) is 46.3 Å². The molecule has 0 saturated carbocycles. The lowest BCUT2D eigenvalue weighted by atomic mass is 9.92. The summed E-state index contributed by atoms with van der Waals surface area (Å²) in [6, 6.07) is 2.14. The third-order valence-electron chi connectivity index (χ3n) is 5.83. The second kappa shape index (κ2) is 7.90. The largest absolute Gasteiger partial charge is 0.425 e. The predicted octanol–water partition coefficient (Wildman–Crippen LogP) is 2.72. The van der Waals surface area contributed by atoms with Crippen molar-refractivity contribution in [3.05, 3.63) is 21.9 Å². The van der Waals surface area contributed by atoms with E-state index in [1.807, 2.05) is 4.90 Å². The van der Waals surface area contributed by atoms with Gasteiger partial charge in [0.1, 0.15) is 4.88 Å². The number of nitrogens with zero attached hydrogens (tertiary/aromatic N) is 3. The van der Waals surface area contributed by atoms with Crippen LogP contribution in [0, 0.1) is 0 Å². The Morgan fingerprint density at radius 2 is 1.82 bits per heavy atom. The fourth-order valence-electron chi connectivity index (χ4n) is 4.10. The second-order valence-corrected chi connectivity index (χ2v) is 8.33. The van der Waals surface area contributed by atoms with Gasteiger partial charge in [-0.2, -0.15) is 13.2 Å². The number of rotatable bonds is 3. The number of halogens is 3. The summed E-state index contributed by atoms with van der Waals surface area (Å²) in [5.41, 5.74) is -0.103. The van der Waals surface area contributed by atoms with E-state index in [1.54, 1.807) is 11.9 Å². The molecule has 0 spiro atoms.